The van der Waals surface area contributed by atoms with E-state index in [1.165, 1.54) is 13.2 Å². The summed E-state index contributed by atoms with van der Waals surface area (Å²) in [6, 6.07) is 9.87. The second-order valence-corrected chi connectivity index (χ2v) is 10.4. The standard InChI is InChI=1S/C27H34FN3O4/c1-26(2,3)35-25(33)31-16-13-18(14-17-31)8-7-15-27(19-9-5-6-10-20(19)28)23-21(29-24(27)32)11-12-22(30-23)34-4/h5-6,9-12,18H,7-8,13-17H2,1-4H3,(H,29,32). The molecule has 4 rings (SSSR count). The molecular formula is C27H34FN3O4. The first-order chi connectivity index (χ1) is 16.6. The lowest BCUT2D eigenvalue weighted by atomic mass is 9.73. The van der Waals surface area contributed by atoms with E-state index < -0.39 is 16.8 Å². The van der Waals surface area contributed by atoms with Crippen LogP contribution in [0, 0.1) is 11.7 Å². The summed E-state index contributed by atoms with van der Waals surface area (Å²) in [5, 5.41) is 2.91. The van der Waals surface area contributed by atoms with Crippen molar-refractivity contribution in [3.8, 4) is 5.88 Å². The number of anilines is 1. The van der Waals surface area contributed by atoms with Gasteiger partial charge in [0.15, 0.2) is 0 Å². The number of amides is 2. The largest absolute Gasteiger partial charge is 0.481 e. The number of hydrogen-bond acceptors (Lipinski definition) is 5. The predicted molar refractivity (Wildman–Crippen MR) is 131 cm³/mol. The van der Waals surface area contributed by atoms with Crippen LogP contribution in [0.25, 0.3) is 0 Å². The van der Waals surface area contributed by atoms with E-state index in [9.17, 15) is 9.59 Å². The second kappa shape index (κ2) is 9.84. The van der Waals surface area contributed by atoms with Gasteiger partial charge in [-0.3, -0.25) is 4.79 Å². The van der Waals surface area contributed by atoms with Crippen molar-refractivity contribution in [1.82, 2.24) is 9.88 Å². The van der Waals surface area contributed by atoms with Gasteiger partial charge in [-0.05, 0) is 58.1 Å². The molecule has 1 aromatic carbocycles. The van der Waals surface area contributed by atoms with Crippen LogP contribution in [-0.2, 0) is 14.9 Å². The lowest BCUT2D eigenvalue weighted by molar-refractivity contribution is -0.120. The molecule has 0 bridgehead atoms. The maximum atomic E-state index is 15.1. The Morgan fingerprint density at radius 3 is 2.57 bits per heavy atom. The predicted octanol–water partition coefficient (Wildman–Crippen LogP) is 5.28. The number of benzene rings is 1. The molecule has 35 heavy (non-hydrogen) atoms. The molecule has 1 saturated heterocycles. The van der Waals surface area contributed by atoms with Crippen LogP contribution in [-0.4, -0.2) is 47.7 Å². The fourth-order valence-electron chi connectivity index (χ4n) is 5.13. The number of likely N-dealkylation sites (tertiary alicyclic amines) is 1. The molecule has 3 heterocycles. The van der Waals surface area contributed by atoms with E-state index in [1.807, 2.05) is 20.8 Å². The van der Waals surface area contributed by atoms with Gasteiger partial charge in [0.25, 0.3) is 0 Å². The van der Waals surface area contributed by atoms with E-state index in [-0.39, 0.29) is 12.0 Å². The molecule has 7 nitrogen and oxygen atoms in total. The van der Waals surface area contributed by atoms with Gasteiger partial charge in [0.2, 0.25) is 11.8 Å². The van der Waals surface area contributed by atoms with Gasteiger partial charge in [0.1, 0.15) is 16.8 Å². The molecule has 0 saturated carbocycles. The number of rotatable bonds is 6. The van der Waals surface area contributed by atoms with Crippen LogP contribution in [0.4, 0.5) is 14.9 Å². The summed E-state index contributed by atoms with van der Waals surface area (Å²) in [4.78, 5) is 32.1. The Morgan fingerprint density at radius 1 is 1.20 bits per heavy atom. The summed E-state index contributed by atoms with van der Waals surface area (Å²) in [7, 11) is 1.52. The fourth-order valence-corrected chi connectivity index (χ4v) is 5.13. The lowest BCUT2D eigenvalue weighted by Crippen LogP contribution is -2.42. The Hall–Kier alpha value is -3.16. The molecule has 2 aliphatic heterocycles. The van der Waals surface area contributed by atoms with Gasteiger partial charge in [-0.25, -0.2) is 14.2 Å². The number of ether oxygens (including phenoxy) is 2. The number of piperidine rings is 1. The number of halogens is 1. The highest BCUT2D eigenvalue weighted by atomic mass is 19.1. The van der Waals surface area contributed by atoms with Gasteiger partial charge in [-0.1, -0.05) is 31.0 Å². The van der Waals surface area contributed by atoms with Gasteiger partial charge < -0.3 is 19.7 Å². The molecule has 2 amide bonds. The minimum atomic E-state index is -1.22. The van der Waals surface area contributed by atoms with Crippen molar-refractivity contribution in [3.63, 3.8) is 0 Å². The summed E-state index contributed by atoms with van der Waals surface area (Å²) < 4.78 is 25.9. The van der Waals surface area contributed by atoms with Crippen molar-refractivity contribution >= 4 is 17.7 Å². The van der Waals surface area contributed by atoms with E-state index in [1.54, 1.807) is 35.2 Å². The number of nitrogens with zero attached hydrogens (tertiary/aromatic N) is 2. The van der Waals surface area contributed by atoms with Crippen LogP contribution in [0.2, 0.25) is 0 Å². The number of carbonyl (C=O) groups excluding carboxylic acids is 2. The van der Waals surface area contributed by atoms with Crippen LogP contribution in [0.15, 0.2) is 36.4 Å². The van der Waals surface area contributed by atoms with E-state index in [2.05, 4.69) is 10.3 Å². The minimum Gasteiger partial charge on any atom is -0.481 e. The zero-order valence-corrected chi connectivity index (χ0v) is 20.9. The van der Waals surface area contributed by atoms with Crippen molar-refractivity contribution in [2.24, 2.45) is 5.92 Å². The molecule has 0 aliphatic carbocycles. The Balaban J connectivity index is 1.48. The smallest absolute Gasteiger partial charge is 0.410 e. The fraction of sp³-hybridized carbons (Fsp3) is 0.519. The monoisotopic (exact) mass is 483 g/mol. The first-order valence-electron chi connectivity index (χ1n) is 12.2. The summed E-state index contributed by atoms with van der Waals surface area (Å²) in [6.07, 6.45) is 3.51. The third-order valence-corrected chi connectivity index (χ3v) is 6.88. The number of carbonyl (C=O) groups is 2. The summed E-state index contributed by atoms with van der Waals surface area (Å²) >= 11 is 0. The number of methoxy groups -OCH3 is 1. The molecule has 0 radical (unpaired) electrons. The van der Waals surface area contributed by atoms with Gasteiger partial charge in [-0.15, -0.1) is 0 Å². The van der Waals surface area contributed by atoms with Gasteiger partial charge in [0, 0.05) is 24.7 Å². The topological polar surface area (TPSA) is 80.8 Å². The summed E-state index contributed by atoms with van der Waals surface area (Å²) in [6.45, 7) is 6.90. The number of hydrogen-bond donors (Lipinski definition) is 1. The van der Waals surface area contributed by atoms with E-state index in [4.69, 9.17) is 9.47 Å². The number of nitrogens with one attached hydrogen (secondary N) is 1. The first-order valence-corrected chi connectivity index (χ1v) is 12.2. The Labute approximate surface area is 206 Å². The molecule has 2 aliphatic rings. The van der Waals surface area contributed by atoms with Gasteiger partial charge in [0.05, 0.1) is 18.5 Å². The van der Waals surface area contributed by atoms with Crippen LogP contribution in [0.3, 0.4) is 0 Å². The van der Waals surface area contributed by atoms with Crippen LogP contribution in [0.5, 0.6) is 5.88 Å². The van der Waals surface area contributed by atoms with Crippen molar-refractivity contribution < 1.29 is 23.5 Å². The molecule has 188 valence electrons. The number of pyridine rings is 1. The minimum absolute atomic E-state index is 0.266. The summed E-state index contributed by atoms with van der Waals surface area (Å²) in [5.74, 6) is 0.118. The van der Waals surface area contributed by atoms with Crippen molar-refractivity contribution in [1.29, 1.82) is 0 Å². The number of aromatic nitrogens is 1. The van der Waals surface area contributed by atoms with Crippen LogP contribution < -0.4 is 10.1 Å². The number of fused-ring (bicyclic) bond motifs is 1. The SMILES string of the molecule is COc1ccc2c(n1)C(CCCC1CCN(C(=O)OC(C)(C)C)CC1)(c1ccccc1F)C(=O)N2. The van der Waals surface area contributed by atoms with E-state index >= 15 is 4.39 Å². The molecule has 1 atom stereocenters. The van der Waals surface area contributed by atoms with Crippen LogP contribution in [0.1, 0.15) is 64.1 Å². The molecule has 2 aromatic rings. The molecule has 1 aromatic heterocycles. The zero-order chi connectivity index (χ0) is 25.2. The van der Waals surface area contributed by atoms with E-state index in [0.29, 0.717) is 48.3 Å². The maximum Gasteiger partial charge on any atom is 0.410 e. The molecule has 1 N–H and O–H groups in total. The Bertz CT molecular complexity index is 1090. The van der Waals surface area contributed by atoms with Crippen LogP contribution >= 0.6 is 0 Å². The first kappa shape index (κ1) is 24.9. The highest BCUT2D eigenvalue weighted by Gasteiger charge is 2.51. The van der Waals surface area contributed by atoms with Crippen molar-refractivity contribution in [2.45, 2.75) is 63.9 Å². The highest BCUT2D eigenvalue weighted by molar-refractivity contribution is 6.08. The molecular weight excluding hydrogens is 449 g/mol. The normalized spacial score (nSPS) is 20.4. The van der Waals surface area contributed by atoms with Crippen molar-refractivity contribution in [2.75, 3.05) is 25.5 Å². The Morgan fingerprint density at radius 2 is 1.91 bits per heavy atom. The Kier molecular flexibility index (Phi) is 7.01. The highest BCUT2D eigenvalue weighted by Crippen LogP contribution is 2.47. The molecule has 8 heteroatoms. The second-order valence-electron chi connectivity index (χ2n) is 10.4. The molecule has 1 unspecified atom stereocenters. The van der Waals surface area contributed by atoms with E-state index in [0.717, 1.165) is 25.7 Å². The molecule has 0 spiro atoms. The van der Waals surface area contributed by atoms with Gasteiger partial charge in [-0.2, -0.15) is 0 Å². The van der Waals surface area contributed by atoms with Crippen molar-refractivity contribution in [3.05, 3.63) is 53.5 Å². The van der Waals surface area contributed by atoms with Gasteiger partial charge >= 0.3 is 6.09 Å². The third kappa shape index (κ3) is 5.11. The average molecular weight is 484 g/mol. The molecule has 1 fully saturated rings. The lowest BCUT2D eigenvalue weighted by Gasteiger charge is -2.34. The summed E-state index contributed by atoms with van der Waals surface area (Å²) in [5.41, 5.74) is -0.302. The quantitative estimate of drug-likeness (QED) is 0.604. The average Bonchev–Trinajstić information content (AvgIpc) is 3.09. The maximum absolute atomic E-state index is 15.1. The zero-order valence-electron chi connectivity index (χ0n) is 20.9. The third-order valence-electron chi connectivity index (χ3n) is 6.88.